The van der Waals surface area contributed by atoms with Crippen LogP contribution in [0.1, 0.15) is 27.2 Å². The molecule has 0 aromatic rings. The Hall–Kier alpha value is -0.610. The second-order valence-corrected chi connectivity index (χ2v) is 4.67. The van der Waals surface area contributed by atoms with Gasteiger partial charge in [-0.05, 0) is 6.42 Å². The van der Waals surface area contributed by atoms with Gasteiger partial charge in [-0.2, -0.15) is 0 Å². The van der Waals surface area contributed by atoms with E-state index in [0.717, 1.165) is 19.6 Å². The maximum Gasteiger partial charge on any atom is 0.225 e. The van der Waals surface area contributed by atoms with Gasteiger partial charge in [0.25, 0.3) is 0 Å². The molecule has 1 saturated heterocycles. The molecule has 88 valence electrons. The number of carbonyl (C=O) groups excluding carboxylic acids is 1. The number of nitrogens with one attached hydrogen (secondary N) is 2. The van der Waals surface area contributed by atoms with Gasteiger partial charge in [-0.25, -0.2) is 0 Å². The van der Waals surface area contributed by atoms with Gasteiger partial charge >= 0.3 is 0 Å². The molecule has 1 aliphatic heterocycles. The molecule has 0 radical (unpaired) electrons. The number of ether oxygens (including phenoxy) is 1. The highest BCUT2D eigenvalue weighted by Gasteiger charge is 2.25. The fourth-order valence-electron chi connectivity index (χ4n) is 1.37. The first kappa shape index (κ1) is 12.5. The summed E-state index contributed by atoms with van der Waals surface area (Å²) in [4.78, 5) is 11.8. The maximum atomic E-state index is 11.8. The standard InChI is InChI=1S/C11H22N2O2/c1-4-11(2,3)10(14)13-7-9-8-15-6-5-12-9/h9,12H,4-8H2,1-3H3,(H,13,14). The van der Waals surface area contributed by atoms with Crippen molar-refractivity contribution in [3.05, 3.63) is 0 Å². The first-order chi connectivity index (χ1) is 7.06. The summed E-state index contributed by atoms with van der Waals surface area (Å²) in [5.74, 6) is 0.123. The number of morpholine rings is 1. The van der Waals surface area contributed by atoms with Crippen LogP contribution < -0.4 is 10.6 Å². The Morgan fingerprint density at radius 3 is 2.87 bits per heavy atom. The monoisotopic (exact) mass is 214 g/mol. The zero-order valence-corrected chi connectivity index (χ0v) is 9.93. The summed E-state index contributed by atoms with van der Waals surface area (Å²) >= 11 is 0. The third kappa shape index (κ3) is 3.80. The van der Waals surface area contributed by atoms with Crippen molar-refractivity contribution >= 4 is 5.91 Å². The molecule has 0 aromatic carbocycles. The molecule has 0 saturated carbocycles. The highest BCUT2D eigenvalue weighted by Crippen LogP contribution is 2.19. The van der Waals surface area contributed by atoms with E-state index in [2.05, 4.69) is 10.6 Å². The summed E-state index contributed by atoms with van der Waals surface area (Å²) < 4.78 is 5.31. The second kappa shape index (κ2) is 5.47. The Bertz CT molecular complexity index is 211. The van der Waals surface area contributed by atoms with Crippen molar-refractivity contribution < 1.29 is 9.53 Å². The summed E-state index contributed by atoms with van der Waals surface area (Å²) in [6, 6.07) is 0.260. The van der Waals surface area contributed by atoms with Crippen LogP contribution in [0.15, 0.2) is 0 Å². The van der Waals surface area contributed by atoms with Gasteiger partial charge in [0.2, 0.25) is 5.91 Å². The van der Waals surface area contributed by atoms with Crippen molar-refractivity contribution in [2.45, 2.75) is 33.2 Å². The summed E-state index contributed by atoms with van der Waals surface area (Å²) in [5.41, 5.74) is -0.268. The van der Waals surface area contributed by atoms with Crippen LogP contribution in [0.3, 0.4) is 0 Å². The molecule has 0 bridgehead atoms. The van der Waals surface area contributed by atoms with E-state index >= 15 is 0 Å². The quantitative estimate of drug-likeness (QED) is 0.717. The fourth-order valence-corrected chi connectivity index (χ4v) is 1.37. The van der Waals surface area contributed by atoms with Crippen LogP contribution in [0.25, 0.3) is 0 Å². The number of hydrogen-bond acceptors (Lipinski definition) is 3. The van der Waals surface area contributed by atoms with Crippen LogP contribution in [0.5, 0.6) is 0 Å². The molecule has 0 aromatic heterocycles. The van der Waals surface area contributed by atoms with E-state index in [9.17, 15) is 4.79 Å². The highest BCUT2D eigenvalue weighted by atomic mass is 16.5. The topological polar surface area (TPSA) is 50.4 Å². The molecule has 4 nitrogen and oxygen atoms in total. The molecule has 1 atom stereocenters. The zero-order valence-electron chi connectivity index (χ0n) is 9.93. The number of amides is 1. The summed E-state index contributed by atoms with van der Waals surface area (Å²) in [6.45, 7) is 8.94. The Labute approximate surface area is 91.8 Å². The molecule has 0 aliphatic carbocycles. The minimum atomic E-state index is -0.268. The average Bonchev–Trinajstić information content (AvgIpc) is 2.27. The number of hydrogen-bond donors (Lipinski definition) is 2. The third-order valence-corrected chi connectivity index (χ3v) is 3.01. The van der Waals surface area contributed by atoms with Crippen LogP contribution in [0, 0.1) is 5.41 Å². The lowest BCUT2D eigenvalue weighted by Gasteiger charge is -2.27. The minimum Gasteiger partial charge on any atom is -0.378 e. The van der Waals surface area contributed by atoms with Gasteiger partial charge in [-0.1, -0.05) is 20.8 Å². The first-order valence-electron chi connectivity index (χ1n) is 5.65. The largest absolute Gasteiger partial charge is 0.378 e. The van der Waals surface area contributed by atoms with Gasteiger partial charge in [0.15, 0.2) is 0 Å². The van der Waals surface area contributed by atoms with Gasteiger partial charge < -0.3 is 15.4 Å². The lowest BCUT2D eigenvalue weighted by Crippen LogP contribution is -2.50. The molecule has 15 heavy (non-hydrogen) atoms. The zero-order chi connectivity index (χ0) is 11.3. The van der Waals surface area contributed by atoms with E-state index in [1.165, 1.54) is 0 Å². The lowest BCUT2D eigenvalue weighted by atomic mass is 9.89. The van der Waals surface area contributed by atoms with Gasteiger partial charge in [-0.15, -0.1) is 0 Å². The van der Waals surface area contributed by atoms with Crippen molar-refractivity contribution in [3.8, 4) is 0 Å². The Morgan fingerprint density at radius 2 is 2.33 bits per heavy atom. The lowest BCUT2D eigenvalue weighted by molar-refractivity contribution is -0.129. The normalized spacial score (nSPS) is 22.5. The van der Waals surface area contributed by atoms with Crippen LogP contribution in [0.4, 0.5) is 0 Å². The number of rotatable bonds is 4. The molecule has 1 fully saturated rings. The van der Waals surface area contributed by atoms with Crippen molar-refractivity contribution in [1.82, 2.24) is 10.6 Å². The Kier molecular flexibility index (Phi) is 4.54. The Morgan fingerprint density at radius 1 is 1.60 bits per heavy atom. The van der Waals surface area contributed by atoms with Crippen molar-refractivity contribution in [2.75, 3.05) is 26.3 Å². The third-order valence-electron chi connectivity index (χ3n) is 3.01. The van der Waals surface area contributed by atoms with E-state index in [0.29, 0.717) is 13.2 Å². The SMILES string of the molecule is CCC(C)(C)C(=O)NCC1COCCN1. The van der Waals surface area contributed by atoms with Gasteiger partial charge in [0.1, 0.15) is 0 Å². The molecule has 1 rings (SSSR count). The maximum absolute atomic E-state index is 11.8. The Balaban J connectivity index is 2.26. The van der Waals surface area contributed by atoms with E-state index < -0.39 is 0 Å². The molecular formula is C11H22N2O2. The molecule has 1 amide bonds. The summed E-state index contributed by atoms with van der Waals surface area (Å²) in [5, 5.41) is 6.27. The van der Waals surface area contributed by atoms with Gasteiger partial charge in [0, 0.05) is 24.5 Å². The smallest absolute Gasteiger partial charge is 0.225 e. The van der Waals surface area contributed by atoms with Crippen LogP contribution in [-0.2, 0) is 9.53 Å². The van der Waals surface area contributed by atoms with E-state index in [1.54, 1.807) is 0 Å². The van der Waals surface area contributed by atoms with E-state index in [4.69, 9.17) is 4.74 Å². The van der Waals surface area contributed by atoms with E-state index in [1.807, 2.05) is 20.8 Å². The molecule has 2 N–H and O–H groups in total. The van der Waals surface area contributed by atoms with Crippen molar-refractivity contribution in [3.63, 3.8) is 0 Å². The molecule has 1 unspecified atom stereocenters. The van der Waals surface area contributed by atoms with Crippen LogP contribution in [0.2, 0.25) is 0 Å². The average molecular weight is 214 g/mol. The fraction of sp³-hybridized carbons (Fsp3) is 0.909. The second-order valence-electron chi connectivity index (χ2n) is 4.67. The summed E-state index contributed by atoms with van der Waals surface area (Å²) in [7, 11) is 0. The predicted molar refractivity (Wildman–Crippen MR) is 59.7 cm³/mol. The molecule has 0 spiro atoms. The van der Waals surface area contributed by atoms with Gasteiger partial charge in [0.05, 0.1) is 13.2 Å². The van der Waals surface area contributed by atoms with Crippen molar-refractivity contribution in [2.24, 2.45) is 5.41 Å². The highest BCUT2D eigenvalue weighted by molar-refractivity contribution is 5.81. The van der Waals surface area contributed by atoms with Gasteiger partial charge in [-0.3, -0.25) is 4.79 Å². The van der Waals surface area contributed by atoms with Crippen LogP contribution >= 0.6 is 0 Å². The minimum absolute atomic E-state index is 0.123. The molecular weight excluding hydrogens is 192 g/mol. The molecule has 1 aliphatic rings. The van der Waals surface area contributed by atoms with E-state index in [-0.39, 0.29) is 17.4 Å². The first-order valence-corrected chi connectivity index (χ1v) is 5.65. The molecule has 1 heterocycles. The molecule has 4 heteroatoms. The van der Waals surface area contributed by atoms with Crippen LogP contribution in [-0.4, -0.2) is 38.3 Å². The van der Waals surface area contributed by atoms with Crippen molar-refractivity contribution in [1.29, 1.82) is 0 Å². The predicted octanol–water partition coefficient (Wildman–Crippen LogP) is 0.527. The number of carbonyl (C=O) groups is 1. The summed E-state index contributed by atoms with van der Waals surface area (Å²) in [6.07, 6.45) is 0.855.